The molecular formula is C82H62N4. The zero-order chi connectivity index (χ0) is 57.7. The maximum Gasteiger partial charge on any atom is 0.0641 e. The first-order valence-electron chi connectivity index (χ1n) is 30.2. The molecule has 410 valence electrons. The lowest BCUT2D eigenvalue weighted by molar-refractivity contribution is 0.591. The summed E-state index contributed by atoms with van der Waals surface area (Å²) >= 11 is 0. The van der Waals surface area contributed by atoms with Crippen LogP contribution in [0.15, 0.2) is 267 Å². The molecule has 0 atom stereocenters. The highest BCUT2D eigenvalue weighted by Gasteiger charge is 2.30. The first-order chi connectivity index (χ1) is 41.9. The van der Waals surface area contributed by atoms with Gasteiger partial charge in [-0.3, -0.25) is 0 Å². The summed E-state index contributed by atoms with van der Waals surface area (Å²) in [5.41, 5.74) is 21.4. The molecule has 13 aromatic carbocycles. The number of anilines is 6. The van der Waals surface area contributed by atoms with Gasteiger partial charge in [-0.1, -0.05) is 199 Å². The topological polar surface area (TPSA) is 15.3 Å². The standard InChI is InChI=1S/C82H62N4/c1-81(2,3)59-33-41-71-69(47-59)77-73(83(61-21-9-7-10-22-61)63-35-29-53(30-36-63)57-27-25-51-17-13-15-19-55(51)45-57)43-39-65-67-50-76-68(49-75(67)85(71)79(65)77)66-40-44-74(78-70-48-60(82(4,5)6)34-42-72(70)86(76)80(66)78)84(62-23-11-8-12-24-62)64-37-31-54(32-38-64)58-28-26-52-18-14-16-20-56(52)46-58/h7-50H,1-6H3. The van der Waals surface area contributed by atoms with Gasteiger partial charge in [0.25, 0.3) is 0 Å². The van der Waals surface area contributed by atoms with Crippen LogP contribution in [0.1, 0.15) is 52.7 Å². The van der Waals surface area contributed by atoms with Gasteiger partial charge in [-0.05, 0) is 175 Å². The molecule has 4 heteroatoms. The summed E-state index contributed by atoms with van der Waals surface area (Å²) in [5.74, 6) is 0. The third-order valence-corrected chi connectivity index (χ3v) is 18.6. The predicted octanol–water partition coefficient (Wildman–Crippen LogP) is 23.2. The molecule has 0 spiro atoms. The number of rotatable bonds is 8. The Hall–Kier alpha value is -10.4. The van der Waals surface area contributed by atoms with E-state index >= 15 is 0 Å². The Kier molecular flexibility index (Phi) is 10.8. The van der Waals surface area contributed by atoms with E-state index in [-0.39, 0.29) is 10.8 Å². The Morgan fingerprint density at radius 3 is 1.01 bits per heavy atom. The van der Waals surface area contributed by atoms with E-state index in [1.807, 2.05) is 0 Å². The average Bonchev–Trinajstić information content (AvgIpc) is 1.53. The third kappa shape index (κ3) is 7.62. The second kappa shape index (κ2) is 18.5. The molecule has 0 aliphatic rings. The normalized spacial score (nSPS) is 12.5. The summed E-state index contributed by atoms with van der Waals surface area (Å²) in [5, 5.41) is 15.0. The van der Waals surface area contributed by atoms with Gasteiger partial charge in [0.05, 0.1) is 44.5 Å². The first kappa shape index (κ1) is 50.1. The van der Waals surface area contributed by atoms with Crippen molar-refractivity contribution in [2.45, 2.75) is 52.4 Å². The number of hydrogen-bond acceptors (Lipinski definition) is 2. The highest BCUT2D eigenvalue weighted by molar-refractivity contribution is 6.32. The van der Waals surface area contributed by atoms with E-state index in [9.17, 15) is 0 Å². The zero-order valence-corrected chi connectivity index (χ0v) is 49.2. The summed E-state index contributed by atoms with van der Waals surface area (Å²) < 4.78 is 5.17. The van der Waals surface area contributed by atoms with Crippen molar-refractivity contribution in [1.82, 2.24) is 8.80 Å². The fraction of sp³-hybridized carbons (Fsp3) is 0.0976. The second-order valence-electron chi connectivity index (χ2n) is 25.8. The summed E-state index contributed by atoms with van der Waals surface area (Å²) in [4.78, 5) is 4.94. The van der Waals surface area contributed by atoms with E-state index in [2.05, 4.69) is 327 Å². The smallest absolute Gasteiger partial charge is 0.0641 e. The van der Waals surface area contributed by atoms with E-state index in [0.717, 1.165) is 34.1 Å². The van der Waals surface area contributed by atoms with Crippen molar-refractivity contribution in [3.63, 3.8) is 0 Å². The Bertz CT molecular complexity index is 5170. The summed E-state index contributed by atoms with van der Waals surface area (Å²) in [6.07, 6.45) is 0. The van der Waals surface area contributed by atoms with Crippen LogP contribution in [0.3, 0.4) is 0 Å². The molecule has 0 aliphatic heterocycles. The third-order valence-electron chi connectivity index (χ3n) is 18.6. The Morgan fingerprint density at radius 2 is 0.616 bits per heavy atom. The van der Waals surface area contributed by atoms with Crippen LogP contribution in [0.5, 0.6) is 0 Å². The molecule has 0 N–H and O–H groups in total. The fourth-order valence-electron chi connectivity index (χ4n) is 14.2. The van der Waals surface area contributed by atoms with Gasteiger partial charge in [0.15, 0.2) is 0 Å². The van der Waals surface area contributed by atoms with Gasteiger partial charge in [0.1, 0.15) is 0 Å². The molecule has 4 nitrogen and oxygen atoms in total. The van der Waals surface area contributed by atoms with E-state index < -0.39 is 0 Å². The molecule has 0 radical (unpaired) electrons. The van der Waals surface area contributed by atoms with Crippen molar-refractivity contribution in [2.24, 2.45) is 0 Å². The lowest BCUT2D eigenvalue weighted by atomic mass is 9.86. The molecule has 86 heavy (non-hydrogen) atoms. The van der Waals surface area contributed by atoms with Crippen LogP contribution in [0.25, 0.3) is 120 Å². The monoisotopic (exact) mass is 1100 g/mol. The second-order valence-corrected chi connectivity index (χ2v) is 25.8. The maximum atomic E-state index is 2.59. The quantitative estimate of drug-likeness (QED) is 0.151. The van der Waals surface area contributed by atoms with Gasteiger partial charge in [0, 0.05) is 65.8 Å². The van der Waals surface area contributed by atoms with Gasteiger partial charge in [0.2, 0.25) is 0 Å². The van der Waals surface area contributed by atoms with E-state index in [1.54, 1.807) is 0 Å². The molecule has 0 aliphatic carbocycles. The van der Waals surface area contributed by atoms with E-state index in [1.165, 1.54) is 131 Å². The summed E-state index contributed by atoms with van der Waals surface area (Å²) in [6.45, 7) is 14.0. The number of para-hydroxylation sites is 2. The minimum atomic E-state index is -0.0558. The fourth-order valence-corrected chi connectivity index (χ4v) is 14.2. The van der Waals surface area contributed by atoms with Gasteiger partial charge < -0.3 is 18.6 Å². The zero-order valence-electron chi connectivity index (χ0n) is 49.2. The molecule has 0 saturated heterocycles. The molecule has 0 amide bonds. The Balaban J connectivity index is 0.895. The van der Waals surface area contributed by atoms with Gasteiger partial charge >= 0.3 is 0 Å². The van der Waals surface area contributed by atoms with Gasteiger partial charge in [-0.15, -0.1) is 0 Å². The SMILES string of the molecule is CC(C)(C)c1ccc2c(c1)c1c(N(c3ccccc3)c3ccc(-c4ccc5ccccc5c4)cc3)ccc3c4cc5c(cc4n2c31)c1ccc(N(c2ccccc2)c2ccc(-c3ccc4ccccc4c3)cc2)c2c3cc(C(C)(C)C)ccc3n5c12. The maximum absolute atomic E-state index is 2.59. The molecule has 4 aromatic heterocycles. The molecular weight excluding hydrogens is 1040 g/mol. The minimum absolute atomic E-state index is 0.0558. The van der Waals surface area contributed by atoms with Crippen LogP contribution in [0, 0.1) is 0 Å². The minimum Gasteiger partial charge on any atom is -0.310 e. The molecule has 0 unspecified atom stereocenters. The highest BCUT2D eigenvalue weighted by atomic mass is 15.2. The molecule has 0 saturated carbocycles. The number of nitrogens with zero attached hydrogens (tertiary/aromatic N) is 4. The summed E-state index contributed by atoms with van der Waals surface area (Å²) in [7, 11) is 0. The molecule has 17 aromatic rings. The van der Waals surface area contributed by atoms with Gasteiger partial charge in [-0.25, -0.2) is 0 Å². The van der Waals surface area contributed by atoms with E-state index in [0.29, 0.717) is 0 Å². The lowest BCUT2D eigenvalue weighted by Gasteiger charge is -2.27. The number of hydrogen-bond donors (Lipinski definition) is 0. The largest absolute Gasteiger partial charge is 0.310 e. The predicted molar refractivity (Wildman–Crippen MR) is 368 cm³/mol. The van der Waals surface area contributed by atoms with Crippen LogP contribution in [-0.4, -0.2) is 8.80 Å². The lowest BCUT2D eigenvalue weighted by Crippen LogP contribution is -2.11. The Labute approximate surface area is 500 Å². The number of aromatic nitrogens is 2. The van der Waals surface area contributed by atoms with Crippen molar-refractivity contribution in [1.29, 1.82) is 0 Å². The number of fused-ring (bicyclic) bond motifs is 14. The molecule has 17 rings (SSSR count). The van der Waals surface area contributed by atoms with E-state index in [4.69, 9.17) is 0 Å². The molecule has 0 fully saturated rings. The molecule has 4 heterocycles. The van der Waals surface area contributed by atoms with Crippen molar-refractivity contribution in [3.05, 3.63) is 278 Å². The average molecular weight is 1100 g/mol. The van der Waals surface area contributed by atoms with Crippen molar-refractivity contribution >= 4 is 132 Å². The van der Waals surface area contributed by atoms with Crippen LogP contribution >= 0.6 is 0 Å². The van der Waals surface area contributed by atoms with Crippen LogP contribution in [-0.2, 0) is 10.8 Å². The van der Waals surface area contributed by atoms with Crippen LogP contribution in [0.2, 0.25) is 0 Å². The first-order valence-corrected chi connectivity index (χ1v) is 30.2. The van der Waals surface area contributed by atoms with Crippen LogP contribution < -0.4 is 9.80 Å². The highest BCUT2D eigenvalue weighted by Crippen LogP contribution is 2.52. The van der Waals surface area contributed by atoms with Crippen molar-refractivity contribution in [3.8, 4) is 22.3 Å². The molecule has 0 bridgehead atoms. The van der Waals surface area contributed by atoms with Gasteiger partial charge in [-0.2, -0.15) is 0 Å². The van der Waals surface area contributed by atoms with Crippen molar-refractivity contribution < 1.29 is 0 Å². The van der Waals surface area contributed by atoms with Crippen molar-refractivity contribution in [2.75, 3.05) is 9.80 Å². The summed E-state index contributed by atoms with van der Waals surface area (Å²) in [6, 6.07) is 100. The number of benzene rings is 13. The Morgan fingerprint density at radius 1 is 0.256 bits per heavy atom. The van der Waals surface area contributed by atoms with Crippen LogP contribution in [0.4, 0.5) is 34.1 Å².